The van der Waals surface area contributed by atoms with Crippen molar-refractivity contribution in [1.29, 1.82) is 0 Å². The quantitative estimate of drug-likeness (QED) is 0.438. The number of hydrogen-bond acceptors (Lipinski definition) is 2. The average molecular weight is 493 g/mol. The van der Waals surface area contributed by atoms with E-state index in [2.05, 4.69) is 19.9 Å². The van der Waals surface area contributed by atoms with Crippen molar-refractivity contribution >= 4 is 0 Å². The summed E-state index contributed by atoms with van der Waals surface area (Å²) in [6.07, 6.45) is 4.24. The fraction of sp³-hybridized carbons (Fsp3) is 0.0526. The van der Waals surface area contributed by atoms with Crippen molar-refractivity contribution in [1.82, 2.24) is 19.9 Å². The second-order valence-corrected chi connectivity index (χ2v) is 5.25. The van der Waals surface area contributed by atoms with Gasteiger partial charge >= 0.3 is 21.1 Å². The Labute approximate surface area is 154 Å². The third-order valence-electron chi connectivity index (χ3n) is 3.61. The van der Waals surface area contributed by atoms with Crippen molar-refractivity contribution in [2.45, 2.75) is 6.42 Å². The zero-order chi connectivity index (χ0) is 15.5. The van der Waals surface area contributed by atoms with Crippen LogP contribution in [0.25, 0.3) is 22.8 Å². The topological polar surface area (TPSA) is 54.0 Å². The van der Waals surface area contributed by atoms with Gasteiger partial charge in [-0.2, -0.15) is 12.4 Å². The summed E-state index contributed by atoms with van der Waals surface area (Å²) in [5.74, 6) is 0. The van der Waals surface area contributed by atoms with Crippen LogP contribution in [-0.4, -0.2) is 9.97 Å². The van der Waals surface area contributed by atoms with Gasteiger partial charge in [-0.1, -0.05) is 36.4 Å². The Bertz CT molecular complexity index is 823. The zero-order valence-corrected chi connectivity index (χ0v) is 15.0. The van der Waals surface area contributed by atoms with E-state index in [1.54, 1.807) is 12.4 Å². The summed E-state index contributed by atoms with van der Waals surface area (Å²) in [5.41, 5.74) is 5.53. The second kappa shape index (κ2) is 7.41. The molecule has 0 fully saturated rings. The molecule has 0 N–H and O–H groups in total. The van der Waals surface area contributed by atoms with Gasteiger partial charge in [0.05, 0.1) is 0 Å². The standard InChI is InChI=1S/C19H14N4.Pt/c1-5-14(22-18(7-1)16-9-3-11-20-16)13-15-6-2-8-19(23-15)17-10-4-12-21-17;/h1-12H,13H2;/q-2;+2. The fourth-order valence-electron chi connectivity index (χ4n) is 2.53. The van der Waals surface area contributed by atoms with Crippen molar-refractivity contribution < 1.29 is 21.1 Å². The number of nitrogens with zero attached hydrogens (tertiary/aromatic N) is 4. The van der Waals surface area contributed by atoms with Crippen LogP contribution in [0.1, 0.15) is 11.4 Å². The average Bonchev–Trinajstić information content (AvgIpc) is 3.29. The van der Waals surface area contributed by atoms with Gasteiger partial charge in [0.2, 0.25) is 0 Å². The summed E-state index contributed by atoms with van der Waals surface area (Å²) < 4.78 is 0. The molecule has 0 unspecified atom stereocenters. The van der Waals surface area contributed by atoms with E-state index in [0.29, 0.717) is 6.42 Å². The van der Waals surface area contributed by atoms with Crippen molar-refractivity contribution in [2.75, 3.05) is 0 Å². The first-order valence-corrected chi connectivity index (χ1v) is 7.46. The van der Waals surface area contributed by atoms with Crippen LogP contribution in [0.5, 0.6) is 0 Å². The Morgan fingerprint density at radius 3 is 1.54 bits per heavy atom. The van der Waals surface area contributed by atoms with E-state index in [1.165, 1.54) is 0 Å². The van der Waals surface area contributed by atoms with Gasteiger partial charge < -0.3 is 9.97 Å². The maximum Gasteiger partial charge on any atom is 2.00 e. The molecule has 24 heavy (non-hydrogen) atoms. The first kappa shape index (κ1) is 16.4. The van der Waals surface area contributed by atoms with Crippen LogP contribution >= 0.6 is 0 Å². The summed E-state index contributed by atoms with van der Waals surface area (Å²) in [6.45, 7) is 0. The molecule has 0 aliphatic carbocycles. The van der Waals surface area contributed by atoms with Gasteiger partial charge in [0.1, 0.15) is 0 Å². The van der Waals surface area contributed by atoms with Gasteiger partial charge in [0, 0.05) is 29.2 Å². The Hall–Kier alpha value is -2.45. The Morgan fingerprint density at radius 2 is 1.12 bits per heavy atom. The molecule has 0 aliphatic heterocycles. The van der Waals surface area contributed by atoms with Gasteiger partial charge in [-0.3, -0.25) is 9.97 Å². The molecule has 4 nitrogen and oxygen atoms in total. The molecule has 120 valence electrons. The number of aromatic nitrogens is 4. The zero-order valence-electron chi connectivity index (χ0n) is 12.7. The smallest absolute Gasteiger partial charge is 0.662 e. The Kier molecular flexibility index (Phi) is 5.07. The summed E-state index contributed by atoms with van der Waals surface area (Å²) in [6, 6.07) is 19.8. The van der Waals surface area contributed by atoms with Crippen LogP contribution < -0.4 is 9.97 Å². The van der Waals surface area contributed by atoms with Gasteiger partial charge in [-0.25, -0.2) is 0 Å². The summed E-state index contributed by atoms with van der Waals surface area (Å²) in [4.78, 5) is 18.0. The second-order valence-electron chi connectivity index (χ2n) is 5.25. The van der Waals surface area contributed by atoms with Crippen LogP contribution in [-0.2, 0) is 27.5 Å². The number of rotatable bonds is 4. The Balaban J connectivity index is 0.00000169. The molecule has 4 rings (SSSR count). The fourth-order valence-corrected chi connectivity index (χ4v) is 2.53. The van der Waals surface area contributed by atoms with E-state index >= 15 is 0 Å². The predicted octanol–water partition coefficient (Wildman–Crippen LogP) is 3.31. The minimum atomic E-state index is 0. The van der Waals surface area contributed by atoms with Crippen molar-refractivity contribution in [2.24, 2.45) is 0 Å². The van der Waals surface area contributed by atoms with Crippen LogP contribution in [0.15, 0.2) is 73.1 Å². The van der Waals surface area contributed by atoms with Gasteiger partial charge in [-0.05, 0) is 24.3 Å². The number of pyridine rings is 2. The predicted molar refractivity (Wildman–Crippen MR) is 88.8 cm³/mol. The van der Waals surface area contributed by atoms with E-state index in [1.807, 2.05) is 60.7 Å². The third kappa shape index (κ3) is 3.55. The minimum absolute atomic E-state index is 0. The maximum atomic E-state index is 4.68. The maximum absolute atomic E-state index is 4.68. The summed E-state index contributed by atoms with van der Waals surface area (Å²) in [5, 5.41) is 0. The van der Waals surface area contributed by atoms with E-state index in [-0.39, 0.29) is 21.1 Å². The molecule has 0 bridgehead atoms. The SMILES string of the molecule is [Pt+2].c1cc(Cc2cccc(-c3ccc[n-]3)n2)nc(-c2ccc[n-]2)c1. The monoisotopic (exact) mass is 493 g/mol. The molecule has 4 aromatic heterocycles. The molecule has 4 aromatic rings. The third-order valence-corrected chi connectivity index (χ3v) is 3.61. The molecule has 0 atom stereocenters. The molecule has 0 amide bonds. The number of hydrogen-bond donors (Lipinski definition) is 0. The van der Waals surface area contributed by atoms with Crippen LogP contribution in [0.2, 0.25) is 0 Å². The van der Waals surface area contributed by atoms with Gasteiger partial charge in [-0.15, -0.1) is 11.4 Å². The minimum Gasteiger partial charge on any atom is -0.662 e. The van der Waals surface area contributed by atoms with E-state index < -0.39 is 0 Å². The molecular formula is C19H14N4Pt. The first-order valence-electron chi connectivity index (χ1n) is 7.46. The van der Waals surface area contributed by atoms with E-state index in [4.69, 9.17) is 0 Å². The van der Waals surface area contributed by atoms with Crippen LogP contribution in [0, 0.1) is 0 Å². The van der Waals surface area contributed by atoms with Crippen LogP contribution in [0.3, 0.4) is 0 Å². The molecule has 0 aliphatic rings. The van der Waals surface area contributed by atoms with Crippen molar-refractivity contribution in [3.8, 4) is 22.8 Å². The molecule has 0 radical (unpaired) electrons. The molecular weight excluding hydrogens is 479 g/mol. The van der Waals surface area contributed by atoms with E-state index in [9.17, 15) is 0 Å². The molecule has 0 saturated carbocycles. The first-order chi connectivity index (χ1) is 11.4. The largest absolute Gasteiger partial charge is 2.00 e. The molecule has 4 heterocycles. The summed E-state index contributed by atoms with van der Waals surface area (Å²) >= 11 is 0. The molecule has 0 spiro atoms. The molecule has 0 saturated heterocycles. The molecule has 5 heteroatoms. The summed E-state index contributed by atoms with van der Waals surface area (Å²) in [7, 11) is 0. The van der Waals surface area contributed by atoms with Gasteiger partial charge in [0.15, 0.2) is 0 Å². The van der Waals surface area contributed by atoms with E-state index in [0.717, 1.165) is 34.2 Å². The van der Waals surface area contributed by atoms with Crippen LogP contribution in [0.4, 0.5) is 0 Å². The van der Waals surface area contributed by atoms with Crippen molar-refractivity contribution in [3.63, 3.8) is 0 Å². The normalized spacial score (nSPS) is 10.3. The van der Waals surface area contributed by atoms with Gasteiger partial charge in [0.25, 0.3) is 0 Å². The van der Waals surface area contributed by atoms with Crippen molar-refractivity contribution in [3.05, 3.63) is 84.4 Å². The Morgan fingerprint density at radius 1 is 0.625 bits per heavy atom. The molecule has 0 aromatic carbocycles.